The van der Waals surface area contributed by atoms with Crippen LogP contribution in [0.25, 0.3) is 0 Å². The summed E-state index contributed by atoms with van der Waals surface area (Å²) < 4.78 is 29.8. The first-order chi connectivity index (χ1) is 11.9. The van der Waals surface area contributed by atoms with Gasteiger partial charge in [-0.1, -0.05) is 13.8 Å². The molecule has 0 bridgehead atoms. The van der Waals surface area contributed by atoms with Crippen LogP contribution >= 0.6 is 0 Å². The molecule has 0 saturated carbocycles. The van der Waals surface area contributed by atoms with Gasteiger partial charge in [0.15, 0.2) is 0 Å². The monoisotopic (exact) mass is 349 g/mol. The van der Waals surface area contributed by atoms with E-state index < -0.39 is 17.7 Å². The first kappa shape index (κ1) is 18.0. The lowest BCUT2D eigenvalue weighted by atomic mass is 10.0. The Morgan fingerprint density at radius 1 is 1.24 bits per heavy atom. The van der Waals surface area contributed by atoms with E-state index in [1.54, 1.807) is 0 Å². The van der Waals surface area contributed by atoms with E-state index >= 15 is 0 Å². The lowest BCUT2D eigenvalue weighted by Gasteiger charge is -2.25. The zero-order valence-electron chi connectivity index (χ0n) is 15.0. The van der Waals surface area contributed by atoms with Gasteiger partial charge in [-0.25, -0.2) is 8.78 Å². The van der Waals surface area contributed by atoms with Gasteiger partial charge >= 0.3 is 0 Å². The van der Waals surface area contributed by atoms with Crippen LogP contribution in [0.2, 0.25) is 0 Å². The fourth-order valence-electron chi connectivity index (χ4n) is 3.92. The van der Waals surface area contributed by atoms with Gasteiger partial charge in [-0.3, -0.25) is 9.58 Å². The minimum absolute atomic E-state index is 0.316. The van der Waals surface area contributed by atoms with E-state index in [1.807, 2.05) is 16.6 Å². The van der Waals surface area contributed by atoms with E-state index in [4.69, 9.17) is 0 Å². The van der Waals surface area contributed by atoms with Crippen LogP contribution in [0, 0.1) is 11.6 Å². The number of β-amino-alcohol motifs (C(OH)–C–C–N with tert-alkyl or cyclic N) is 1. The predicted octanol–water partition coefficient (Wildman–Crippen LogP) is 3.13. The van der Waals surface area contributed by atoms with Crippen LogP contribution in [-0.2, 0) is 26.4 Å². The number of likely N-dealkylation sites (tertiary alicyclic amines) is 1. The molecule has 0 spiro atoms. The van der Waals surface area contributed by atoms with Gasteiger partial charge in [0.05, 0.1) is 11.8 Å². The average molecular weight is 349 g/mol. The van der Waals surface area contributed by atoms with E-state index in [9.17, 15) is 13.9 Å². The summed E-state index contributed by atoms with van der Waals surface area (Å²) in [6.45, 7) is 5.18. The van der Waals surface area contributed by atoms with Crippen LogP contribution in [-0.4, -0.2) is 32.4 Å². The van der Waals surface area contributed by atoms with Crippen LogP contribution in [0.5, 0.6) is 0 Å². The van der Waals surface area contributed by atoms with Crippen molar-refractivity contribution in [1.82, 2.24) is 14.7 Å². The number of aryl methyl sites for hydroxylation is 2. The fourth-order valence-corrected chi connectivity index (χ4v) is 3.92. The van der Waals surface area contributed by atoms with Gasteiger partial charge in [-0.05, 0) is 37.5 Å². The lowest BCUT2D eigenvalue weighted by Crippen LogP contribution is -2.26. The number of aliphatic hydroxyl groups excluding tert-OH is 1. The molecule has 0 radical (unpaired) electrons. The molecule has 2 atom stereocenters. The van der Waals surface area contributed by atoms with Gasteiger partial charge in [-0.2, -0.15) is 5.10 Å². The third-order valence-corrected chi connectivity index (χ3v) is 5.09. The van der Waals surface area contributed by atoms with Crippen LogP contribution in [0.1, 0.15) is 48.8 Å². The molecule has 1 N–H and O–H groups in total. The number of aromatic nitrogens is 2. The molecule has 0 aliphatic carbocycles. The minimum atomic E-state index is -0.542. The summed E-state index contributed by atoms with van der Waals surface area (Å²) in [6, 6.07) is 3.20. The van der Waals surface area contributed by atoms with E-state index in [1.165, 1.54) is 6.07 Å². The van der Waals surface area contributed by atoms with Gasteiger partial charge in [0.1, 0.15) is 11.6 Å². The predicted molar refractivity (Wildman–Crippen MR) is 92.1 cm³/mol. The second-order valence-electron chi connectivity index (χ2n) is 6.70. The normalized spacial score (nSPS) is 21.2. The standard InChI is InChI=1S/C19H25F2N3O/c1-4-17-15(18(5-2)23(3)22-17)11-24-10-13(25)9-19(24)14-8-12(20)6-7-16(14)21/h6-8,13,19,25H,4-5,9-11H2,1-3H3. The highest BCUT2D eigenvalue weighted by atomic mass is 19.1. The molecule has 2 aromatic rings. The van der Waals surface area contributed by atoms with E-state index in [0.29, 0.717) is 25.1 Å². The highest BCUT2D eigenvalue weighted by Gasteiger charge is 2.35. The van der Waals surface area contributed by atoms with Crippen molar-refractivity contribution in [1.29, 1.82) is 0 Å². The Morgan fingerprint density at radius 2 is 2.00 bits per heavy atom. The van der Waals surface area contributed by atoms with Crippen molar-refractivity contribution in [2.75, 3.05) is 6.54 Å². The number of rotatable bonds is 5. The molecule has 1 aromatic carbocycles. The van der Waals surface area contributed by atoms with Crippen molar-refractivity contribution in [2.24, 2.45) is 7.05 Å². The van der Waals surface area contributed by atoms with E-state index in [-0.39, 0.29) is 6.04 Å². The summed E-state index contributed by atoms with van der Waals surface area (Å²) >= 11 is 0. The molecule has 1 aliphatic heterocycles. The van der Waals surface area contributed by atoms with E-state index in [2.05, 4.69) is 18.9 Å². The van der Waals surface area contributed by atoms with Gasteiger partial charge in [0.25, 0.3) is 0 Å². The summed E-state index contributed by atoms with van der Waals surface area (Å²) in [5, 5.41) is 14.7. The molecule has 136 valence electrons. The maximum Gasteiger partial charge on any atom is 0.128 e. The van der Waals surface area contributed by atoms with Crippen LogP contribution in [0.3, 0.4) is 0 Å². The summed E-state index contributed by atoms with van der Waals surface area (Å²) in [7, 11) is 1.93. The van der Waals surface area contributed by atoms with Crippen molar-refractivity contribution >= 4 is 0 Å². The Bertz CT molecular complexity index is 759. The Morgan fingerprint density at radius 3 is 2.68 bits per heavy atom. The third kappa shape index (κ3) is 3.46. The smallest absolute Gasteiger partial charge is 0.128 e. The Hall–Kier alpha value is -1.79. The molecule has 1 aliphatic rings. The summed E-state index contributed by atoms with van der Waals surface area (Å²) in [5.41, 5.74) is 3.64. The second kappa shape index (κ2) is 7.22. The zero-order chi connectivity index (χ0) is 18.1. The fraction of sp³-hybridized carbons (Fsp3) is 0.526. The highest BCUT2D eigenvalue weighted by Crippen LogP contribution is 2.36. The molecule has 3 rings (SSSR count). The van der Waals surface area contributed by atoms with Crippen molar-refractivity contribution in [3.05, 3.63) is 52.3 Å². The van der Waals surface area contributed by atoms with Gasteiger partial charge in [0.2, 0.25) is 0 Å². The van der Waals surface area contributed by atoms with Crippen molar-refractivity contribution in [3.8, 4) is 0 Å². The van der Waals surface area contributed by atoms with Gasteiger partial charge in [0, 0.05) is 43.0 Å². The molecule has 1 aromatic heterocycles. The Balaban J connectivity index is 1.95. The summed E-state index contributed by atoms with van der Waals surface area (Å²) in [4.78, 5) is 2.04. The molecule has 25 heavy (non-hydrogen) atoms. The largest absolute Gasteiger partial charge is 0.392 e. The number of hydrogen-bond donors (Lipinski definition) is 1. The Kier molecular flexibility index (Phi) is 5.20. The van der Waals surface area contributed by atoms with E-state index in [0.717, 1.165) is 41.9 Å². The molecule has 1 fully saturated rings. The molecule has 6 heteroatoms. The van der Waals surface area contributed by atoms with Crippen LogP contribution in [0.15, 0.2) is 18.2 Å². The SMILES string of the molecule is CCc1nn(C)c(CC)c1CN1CC(O)CC1c1cc(F)ccc1F. The maximum absolute atomic E-state index is 14.3. The topological polar surface area (TPSA) is 41.3 Å². The van der Waals surface area contributed by atoms with Gasteiger partial charge < -0.3 is 5.11 Å². The molecule has 0 amide bonds. The number of nitrogens with zero attached hydrogens (tertiary/aromatic N) is 3. The summed E-state index contributed by atoms with van der Waals surface area (Å²) in [5.74, 6) is -0.884. The van der Waals surface area contributed by atoms with Crippen molar-refractivity contribution in [2.45, 2.75) is 51.8 Å². The summed E-state index contributed by atoms with van der Waals surface area (Å²) in [6.07, 6.45) is 1.54. The number of halogens is 2. The lowest BCUT2D eigenvalue weighted by molar-refractivity contribution is 0.172. The quantitative estimate of drug-likeness (QED) is 0.902. The van der Waals surface area contributed by atoms with Crippen molar-refractivity contribution in [3.63, 3.8) is 0 Å². The zero-order valence-corrected chi connectivity index (χ0v) is 15.0. The first-order valence-corrected chi connectivity index (χ1v) is 8.85. The molecule has 2 heterocycles. The number of benzene rings is 1. The molecule has 4 nitrogen and oxygen atoms in total. The molecular weight excluding hydrogens is 324 g/mol. The highest BCUT2D eigenvalue weighted by molar-refractivity contribution is 5.29. The average Bonchev–Trinajstić information content (AvgIpc) is 3.09. The van der Waals surface area contributed by atoms with Crippen molar-refractivity contribution < 1.29 is 13.9 Å². The Labute approximate surface area is 147 Å². The molecule has 2 unspecified atom stereocenters. The minimum Gasteiger partial charge on any atom is -0.392 e. The first-order valence-electron chi connectivity index (χ1n) is 8.85. The second-order valence-corrected chi connectivity index (χ2v) is 6.70. The third-order valence-electron chi connectivity index (χ3n) is 5.09. The molecule has 1 saturated heterocycles. The number of aliphatic hydroxyl groups is 1. The van der Waals surface area contributed by atoms with Crippen LogP contribution in [0.4, 0.5) is 8.78 Å². The van der Waals surface area contributed by atoms with Crippen LogP contribution < -0.4 is 0 Å². The number of hydrogen-bond acceptors (Lipinski definition) is 3. The van der Waals surface area contributed by atoms with Gasteiger partial charge in [-0.15, -0.1) is 0 Å². The molecular formula is C19H25F2N3O. The maximum atomic E-state index is 14.3.